The molecule has 11 heavy (non-hydrogen) atoms. The predicted molar refractivity (Wildman–Crippen MR) is 40.2 cm³/mol. The molecule has 0 saturated carbocycles. The van der Waals surface area contributed by atoms with Crippen molar-refractivity contribution in [2.24, 2.45) is 5.92 Å². The van der Waals surface area contributed by atoms with Gasteiger partial charge in [-0.1, -0.05) is 6.92 Å². The predicted octanol–water partition coefficient (Wildman–Crippen LogP) is 0.974. The van der Waals surface area contributed by atoms with Crippen molar-refractivity contribution in [1.29, 1.82) is 0 Å². The molecule has 1 heterocycles. The first-order chi connectivity index (χ1) is 5.33. The second-order valence-corrected chi connectivity index (χ2v) is 2.86. The fraction of sp³-hybridized carbons (Fsp3) is 0.875. The summed E-state index contributed by atoms with van der Waals surface area (Å²) in [5.41, 5.74) is 0. The zero-order chi connectivity index (χ0) is 8.10. The van der Waals surface area contributed by atoms with Crippen LogP contribution in [-0.2, 0) is 14.3 Å². The molecule has 0 spiro atoms. The average Bonchev–Trinajstić information content (AvgIpc) is 2.52. The topological polar surface area (TPSA) is 35.5 Å². The SMILES string of the molecule is CC(C=O)CCC1OCCO1. The molecule has 0 radical (unpaired) electrons. The van der Waals surface area contributed by atoms with Gasteiger partial charge in [-0.05, 0) is 12.8 Å². The van der Waals surface area contributed by atoms with E-state index in [9.17, 15) is 4.79 Å². The molecule has 0 aromatic heterocycles. The van der Waals surface area contributed by atoms with Gasteiger partial charge in [-0.25, -0.2) is 0 Å². The van der Waals surface area contributed by atoms with E-state index >= 15 is 0 Å². The fourth-order valence-corrected chi connectivity index (χ4v) is 1.04. The van der Waals surface area contributed by atoms with Crippen LogP contribution in [0, 0.1) is 5.92 Å². The summed E-state index contributed by atoms with van der Waals surface area (Å²) in [6.45, 7) is 3.29. The van der Waals surface area contributed by atoms with Crippen LogP contribution >= 0.6 is 0 Å². The third-order valence-electron chi connectivity index (χ3n) is 1.78. The minimum absolute atomic E-state index is 0.0580. The molecular weight excluding hydrogens is 144 g/mol. The standard InChI is InChI=1S/C8H14O3/c1-7(6-9)2-3-8-10-4-5-11-8/h6-8H,2-5H2,1H3. The van der Waals surface area contributed by atoms with Crippen LogP contribution in [0.1, 0.15) is 19.8 Å². The lowest BCUT2D eigenvalue weighted by atomic mass is 10.1. The number of rotatable bonds is 4. The highest BCUT2D eigenvalue weighted by Crippen LogP contribution is 2.13. The Balaban J connectivity index is 2.06. The summed E-state index contributed by atoms with van der Waals surface area (Å²) in [7, 11) is 0. The highest BCUT2D eigenvalue weighted by atomic mass is 16.7. The maximum absolute atomic E-state index is 10.2. The van der Waals surface area contributed by atoms with E-state index < -0.39 is 0 Å². The van der Waals surface area contributed by atoms with E-state index in [4.69, 9.17) is 9.47 Å². The number of hydrogen-bond acceptors (Lipinski definition) is 3. The van der Waals surface area contributed by atoms with Gasteiger partial charge in [-0.3, -0.25) is 0 Å². The first-order valence-electron chi connectivity index (χ1n) is 4.01. The van der Waals surface area contributed by atoms with Gasteiger partial charge in [0.2, 0.25) is 0 Å². The summed E-state index contributed by atoms with van der Waals surface area (Å²) < 4.78 is 10.4. The lowest BCUT2D eigenvalue weighted by Crippen LogP contribution is -2.09. The van der Waals surface area contributed by atoms with E-state index in [1.807, 2.05) is 6.92 Å². The summed E-state index contributed by atoms with van der Waals surface area (Å²) >= 11 is 0. The van der Waals surface area contributed by atoms with E-state index in [1.54, 1.807) is 0 Å². The molecule has 1 aliphatic rings. The molecule has 0 aromatic rings. The van der Waals surface area contributed by atoms with Gasteiger partial charge in [0.25, 0.3) is 0 Å². The zero-order valence-electron chi connectivity index (χ0n) is 6.79. The Morgan fingerprint density at radius 2 is 2.18 bits per heavy atom. The van der Waals surface area contributed by atoms with Crippen molar-refractivity contribution in [3.05, 3.63) is 0 Å². The Kier molecular flexibility index (Phi) is 3.52. The number of aldehydes is 1. The first kappa shape index (κ1) is 8.68. The van der Waals surface area contributed by atoms with Crippen LogP contribution in [0.15, 0.2) is 0 Å². The molecule has 1 saturated heterocycles. The van der Waals surface area contributed by atoms with E-state index in [1.165, 1.54) is 0 Å². The van der Waals surface area contributed by atoms with Gasteiger partial charge in [0.1, 0.15) is 6.29 Å². The molecule has 3 heteroatoms. The maximum Gasteiger partial charge on any atom is 0.157 e. The van der Waals surface area contributed by atoms with Crippen molar-refractivity contribution in [2.45, 2.75) is 26.1 Å². The van der Waals surface area contributed by atoms with Gasteiger partial charge < -0.3 is 14.3 Å². The molecule has 0 aliphatic carbocycles. The van der Waals surface area contributed by atoms with Crippen molar-refractivity contribution in [1.82, 2.24) is 0 Å². The highest BCUT2D eigenvalue weighted by molar-refractivity contribution is 5.52. The van der Waals surface area contributed by atoms with Crippen LogP contribution in [0.5, 0.6) is 0 Å². The molecule has 3 nitrogen and oxygen atoms in total. The molecule has 1 fully saturated rings. The quantitative estimate of drug-likeness (QED) is 0.572. The third-order valence-corrected chi connectivity index (χ3v) is 1.78. The third kappa shape index (κ3) is 2.99. The van der Waals surface area contributed by atoms with E-state index in [-0.39, 0.29) is 12.2 Å². The minimum atomic E-state index is -0.0580. The summed E-state index contributed by atoms with van der Waals surface area (Å²) in [5.74, 6) is 0.128. The number of ether oxygens (including phenoxy) is 2. The minimum Gasteiger partial charge on any atom is -0.350 e. The van der Waals surface area contributed by atoms with Crippen molar-refractivity contribution < 1.29 is 14.3 Å². The second kappa shape index (κ2) is 4.46. The van der Waals surface area contributed by atoms with E-state index in [0.29, 0.717) is 13.2 Å². The number of hydrogen-bond donors (Lipinski definition) is 0. The van der Waals surface area contributed by atoms with Crippen LogP contribution < -0.4 is 0 Å². The second-order valence-electron chi connectivity index (χ2n) is 2.86. The number of carbonyl (C=O) groups is 1. The van der Waals surface area contributed by atoms with Gasteiger partial charge in [0.15, 0.2) is 6.29 Å². The lowest BCUT2D eigenvalue weighted by molar-refractivity contribution is -0.111. The van der Waals surface area contributed by atoms with Crippen molar-refractivity contribution in [2.75, 3.05) is 13.2 Å². The molecule has 0 amide bonds. The van der Waals surface area contributed by atoms with Crippen molar-refractivity contribution in [3.8, 4) is 0 Å². The molecule has 1 rings (SSSR count). The van der Waals surface area contributed by atoms with Gasteiger partial charge in [-0.15, -0.1) is 0 Å². The van der Waals surface area contributed by atoms with Crippen molar-refractivity contribution >= 4 is 6.29 Å². The molecule has 1 atom stereocenters. The maximum atomic E-state index is 10.2. The monoisotopic (exact) mass is 158 g/mol. The van der Waals surface area contributed by atoms with Crippen LogP contribution in [0.2, 0.25) is 0 Å². The van der Waals surface area contributed by atoms with Crippen LogP contribution in [0.4, 0.5) is 0 Å². The molecule has 0 N–H and O–H groups in total. The Morgan fingerprint density at radius 3 is 2.73 bits per heavy atom. The van der Waals surface area contributed by atoms with Crippen LogP contribution in [-0.4, -0.2) is 25.8 Å². The highest BCUT2D eigenvalue weighted by Gasteiger charge is 2.16. The van der Waals surface area contributed by atoms with Gasteiger partial charge in [-0.2, -0.15) is 0 Å². The average molecular weight is 158 g/mol. The number of carbonyl (C=O) groups excluding carboxylic acids is 1. The molecule has 0 bridgehead atoms. The molecule has 0 aromatic carbocycles. The first-order valence-corrected chi connectivity index (χ1v) is 4.01. The summed E-state index contributed by atoms with van der Waals surface area (Å²) in [6, 6.07) is 0. The Morgan fingerprint density at radius 1 is 1.55 bits per heavy atom. The van der Waals surface area contributed by atoms with Gasteiger partial charge >= 0.3 is 0 Å². The smallest absolute Gasteiger partial charge is 0.157 e. The Bertz CT molecular complexity index is 119. The largest absolute Gasteiger partial charge is 0.350 e. The molecular formula is C8H14O3. The van der Waals surface area contributed by atoms with Crippen LogP contribution in [0.3, 0.4) is 0 Å². The molecule has 1 aliphatic heterocycles. The fourth-order valence-electron chi connectivity index (χ4n) is 1.04. The molecule has 1 unspecified atom stereocenters. The summed E-state index contributed by atoms with van der Waals surface area (Å²) in [4.78, 5) is 10.2. The van der Waals surface area contributed by atoms with Gasteiger partial charge in [0.05, 0.1) is 13.2 Å². The van der Waals surface area contributed by atoms with Crippen LogP contribution in [0.25, 0.3) is 0 Å². The van der Waals surface area contributed by atoms with E-state index in [2.05, 4.69) is 0 Å². The summed E-state index contributed by atoms with van der Waals surface area (Å²) in [6.07, 6.45) is 2.60. The van der Waals surface area contributed by atoms with E-state index in [0.717, 1.165) is 19.1 Å². The van der Waals surface area contributed by atoms with Crippen molar-refractivity contribution in [3.63, 3.8) is 0 Å². The van der Waals surface area contributed by atoms with Gasteiger partial charge in [0, 0.05) is 5.92 Å². The zero-order valence-corrected chi connectivity index (χ0v) is 6.79. The normalized spacial score (nSPS) is 21.9. The lowest BCUT2D eigenvalue weighted by Gasteiger charge is -2.09. The Labute approximate surface area is 66.7 Å². The summed E-state index contributed by atoms with van der Waals surface area (Å²) in [5, 5.41) is 0. The Hall–Kier alpha value is -0.410. The molecule has 64 valence electrons.